The highest BCUT2D eigenvalue weighted by atomic mass is 19.1. The van der Waals surface area contributed by atoms with Gasteiger partial charge in [0.1, 0.15) is 11.4 Å². The first-order valence-electron chi connectivity index (χ1n) is 8.98. The van der Waals surface area contributed by atoms with E-state index in [1.54, 1.807) is 0 Å². The van der Waals surface area contributed by atoms with Crippen molar-refractivity contribution in [1.29, 1.82) is 0 Å². The maximum absolute atomic E-state index is 14.1. The number of halogens is 1. The maximum Gasteiger partial charge on any atom is 0.310 e. The van der Waals surface area contributed by atoms with Gasteiger partial charge in [0.25, 0.3) is 0 Å². The zero-order valence-electron chi connectivity index (χ0n) is 16.3. The smallest absolute Gasteiger partial charge is 0.310 e. The Kier molecular flexibility index (Phi) is 5.77. The SMILES string of the molecule is CC(=O)Nc1ccc(C(=O)COC(=O)Cc2coc3cc(C)c(C)cc23)c(F)c1. The molecule has 29 heavy (non-hydrogen) atoms. The molecule has 1 heterocycles. The van der Waals surface area contributed by atoms with E-state index in [4.69, 9.17) is 9.15 Å². The average Bonchev–Trinajstić information content (AvgIpc) is 3.01. The van der Waals surface area contributed by atoms with Crippen LogP contribution < -0.4 is 5.32 Å². The van der Waals surface area contributed by atoms with Gasteiger partial charge in [0.15, 0.2) is 6.61 Å². The molecule has 0 aliphatic rings. The summed E-state index contributed by atoms with van der Waals surface area (Å²) < 4.78 is 24.6. The third-order valence-electron chi connectivity index (χ3n) is 4.56. The van der Waals surface area contributed by atoms with Crippen molar-refractivity contribution in [3.05, 3.63) is 64.7 Å². The number of hydrogen-bond acceptors (Lipinski definition) is 5. The van der Waals surface area contributed by atoms with E-state index in [1.165, 1.54) is 25.3 Å². The number of ketones is 1. The van der Waals surface area contributed by atoms with Gasteiger partial charge >= 0.3 is 5.97 Å². The predicted molar refractivity (Wildman–Crippen MR) is 105 cm³/mol. The Bertz CT molecular complexity index is 1120. The van der Waals surface area contributed by atoms with Gasteiger partial charge in [-0.2, -0.15) is 0 Å². The number of Topliss-reactive ketones (excluding diaryl/α,β-unsaturated/α-hetero) is 1. The van der Waals surface area contributed by atoms with Crippen LogP contribution in [-0.4, -0.2) is 24.3 Å². The minimum Gasteiger partial charge on any atom is -0.464 e. The molecule has 0 aliphatic heterocycles. The number of rotatable bonds is 6. The first-order valence-corrected chi connectivity index (χ1v) is 8.98. The molecule has 0 fully saturated rings. The Hall–Kier alpha value is -3.48. The Labute approximate surface area is 166 Å². The Balaban J connectivity index is 1.63. The standard InChI is InChI=1S/C22H20FNO5/c1-12-6-18-15(10-28-21(18)7-13(12)2)8-22(27)29-11-20(26)17-5-4-16(9-19(17)23)24-14(3)25/h4-7,9-10H,8,11H2,1-3H3,(H,24,25). The molecule has 0 aliphatic carbocycles. The molecule has 0 saturated heterocycles. The van der Waals surface area contributed by atoms with Gasteiger partial charge in [-0.05, 0) is 55.3 Å². The van der Waals surface area contributed by atoms with Crippen LogP contribution in [0.15, 0.2) is 41.0 Å². The lowest BCUT2D eigenvalue weighted by atomic mass is 10.0. The number of hydrogen-bond donors (Lipinski definition) is 1. The number of carbonyl (C=O) groups excluding carboxylic acids is 3. The zero-order chi connectivity index (χ0) is 21.1. The van der Waals surface area contributed by atoms with E-state index in [0.29, 0.717) is 11.1 Å². The summed E-state index contributed by atoms with van der Waals surface area (Å²) >= 11 is 0. The zero-order valence-corrected chi connectivity index (χ0v) is 16.3. The third kappa shape index (κ3) is 4.68. The average molecular weight is 397 g/mol. The van der Waals surface area contributed by atoms with Crippen LogP contribution >= 0.6 is 0 Å². The van der Waals surface area contributed by atoms with Crippen molar-refractivity contribution < 1.29 is 27.9 Å². The van der Waals surface area contributed by atoms with Crippen molar-refractivity contribution in [3.63, 3.8) is 0 Å². The molecule has 7 heteroatoms. The van der Waals surface area contributed by atoms with Crippen molar-refractivity contribution in [2.24, 2.45) is 0 Å². The van der Waals surface area contributed by atoms with Gasteiger partial charge in [-0.3, -0.25) is 14.4 Å². The first kappa shape index (κ1) is 20.3. The molecular formula is C22H20FNO5. The number of aryl methyl sites for hydroxylation is 2. The fraction of sp³-hybridized carbons (Fsp3) is 0.227. The minimum atomic E-state index is -0.802. The molecule has 2 aromatic carbocycles. The molecule has 1 N–H and O–H groups in total. The van der Waals surface area contributed by atoms with Crippen molar-refractivity contribution in [1.82, 2.24) is 0 Å². The lowest BCUT2D eigenvalue weighted by Crippen LogP contribution is -2.17. The molecule has 0 atom stereocenters. The monoisotopic (exact) mass is 397 g/mol. The van der Waals surface area contributed by atoms with Crippen LogP contribution in [0, 0.1) is 19.7 Å². The van der Waals surface area contributed by atoms with Crippen molar-refractivity contribution in [3.8, 4) is 0 Å². The lowest BCUT2D eigenvalue weighted by molar-refractivity contribution is -0.141. The summed E-state index contributed by atoms with van der Waals surface area (Å²) in [5, 5.41) is 3.24. The number of amides is 1. The van der Waals surface area contributed by atoms with Gasteiger partial charge in [-0.15, -0.1) is 0 Å². The highest BCUT2D eigenvalue weighted by molar-refractivity contribution is 5.99. The molecular weight excluding hydrogens is 377 g/mol. The molecule has 0 unspecified atom stereocenters. The fourth-order valence-corrected chi connectivity index (χ4v) is 2.93. The van der Waals surface area contributed by atoms with Gasteiger partial charge in [0.2, 0.25) is 11.7 Å². The summed E-state index contributed by atoms with van der Waals surface area (Å²) in [7, 11) is 0. The third-order valence-corrected chi connectivity index (χ3v) is 4.56. The molecule has 0 saturated carbocycles. The summed E-state index contributed by atoms with van der Waals surface area (Å²) in [4.78, 5) is 35.3. The summed E-state index contributed by atoms with van der Waals surface area (Å²) in [6.07, 6.45) is 1.43. The van der Waals surface area contributed by atoms with Crippen LogP contribution in [0.4, 0.5) is 10.1 Å². The summed E-state index contributed by atoms with van der Waals surface area (Å²) in [5.74, 6) is -2.44. The van der Waals surface area contributed by atoms with Crippen molar-refractivity contribution in [2.75, 3.05) is 11.9 Å². The maximum atomic E-state index is 14.1. The number of anilines is 1. The summed E-state index contributed by atoms with van der Waals surface area (Å²) in [6.45, 7) is 4.65. The molecule has 150 valence electrons. The summed E-state index contributed by atoms with van der Waals surface area (Å²) in [5.41, 5.74) is 3.51. The molecule has 6 nitrogen and oxygen atoms in total. The number of ether oxygens (including phenoxy) is 1. The molecule has 3 rings (SSSR count). The van der Waals surface area contributed by atoms with Crippen molar-refractivity contribution >= 4 is 34.3 Å². The molecule has 3 aromatic rings. The topological polar surface area (TPSA) is 85.6 Å². The second kappa shape index (κ2) is 8.26. The first-order chi connectivity index (χ1) is 13.7. The number of benzene rings is 2. The number of carbonyl (C=O) groups is 3. The molecule has 0 spiro atoms. The quantitative estimate of drug-likeness (QED) is 0.500. The Morgan fingerprint density at radius 2 is 1.83 bits per heavy atom. The number of fused-ring (bicyclic) bond motifs is 1. The van der Waals surface area contributed by atoms with E-state index in [-0.39, 0.29) is 23.6 Å². The number of furan rings is 1. The van der Waals surface area contributed by atoms with E-state index in [1.807, 2.05) is 26.0 Å². The van der Waals surface area contributed by atoms with Crippen molar-refractivity contribution in [2.45, 2.75) is 27.2 Å². The van der Waals surface area contributed by atoms with Crippen LogP contribution in [0.3, 0.4) is 0 Å². The molecule has 0 radical (unpaired) electrons. The van der Waals surface area contributed by atoms with Gasteiger partial charge < -0.3 is 14.5 Å². The van der Waals surface area contributed by atoms with Crippen LogP contribution in [0.2, 0.25) is 0 Å². The molecule has 1 aromatic heterocycles. The highest BCUT2D eigenvalue weighted by Crippen LogP contribution is 2.25. The number of esters is 1. The van der Waals surface area contributed by atoms with Crippen LogP contribution in [-0.2, 0) is 20.7 Å². The highest BCUT2D eigenvalue weighted by Gasteiger charge is 2.17. The second-order valence-electron chi connectivity index (χ2n) is 6.83. The van der Waals surface area contributed by atoms with E-state index in [0.717, 1.165) is 22.6 Å². The van der Waals surface area contributed by atoms with Gasteiger partial charge in [0.05, 0.1) is 18.2 Å². The fourth-order valence-electron chi connectivity index (χ4n) is 2.93. The largest absolute Gasteiger partial charge is 0.464 e. The Morgan fingerprint density at radius 1 is 1.10 bits per heavy atom. The van der Waals surface area contributed by atoms with Gasteiger partial charge in [-0.1, -0.05) is 0 Å². The van der Waals surface area contributed by atoms with E-state index in [2.05, 4.69) is 5.32 Å². The van der Waals surface area contributed by atoms with E-state index >= 15 is 0 Å². The Morgan fingerprint density at radius 3 is 2.52 bits per heavy atom. The van der Waals surface area contributed by atoms with Gasteiger partial charge in [-0.25, -0.2) is 4.39 Å². The van der Waals surface area contributed by atoms with Crippen LogP contribution in [0.1, 0.15) is 34.0 Å². The van der Waals surface area contributed by atoms with Crippen LogP contribution in [0.5, 0.6) is 0 Å². The molecule has 1 amide bonds. The summed E-state index contributed by atoms with van der Waals surface area (Å²) in [6, 6.07) is 7.52. The lowest BCUT2D eigenvalue weighted by Gasteiger charge is -2.07. The van der Waals surface area contributed by atoms with E-state index in [9.17, 15) is 18.8 Å². The normalized spacial score (nSPS) is 10.8. The second-order valence-corrected chi connectivity index (χ2v) is 6.83. The van der Waals surface area contributed by atoms with Gasteiger partial charge in [0, 0.05) is 23.6 Å². The minimum absolute atomic E-state index is 0.0628. The van der Waals surface area contributed by atoms with E-state index < -0.39 is 24.2 Å². The number of nitrogens with one attached hydrogen (secondary N) is 1. The predicted octanol–water partition coefficient (Wildman–Crippen LogP) is 4.12. The molecule has 0 bridgehead atoms. The van der Waals surface area contributed by atoms with Crippen LogP contribution in [0.25, 0.3) is 11.0 Å².